The number of aromatic nitrogens is 2. The number of rotatable bonds is 1. The predicted octanol–water partition coefficient (Wildman–Crippen LogP) is 2.92. The van der Waals surface area contributed by atoms with Crippen LogP contribution in [0.1, 0.15) is 18.7 Å². The molecule has 1 aromatic carbocycles. The molecule has 0 saturated heterocycles. The third-order valence-electron chi connectivity index (χ3n) is 2.07. The van der Waals surface area contributed by atoms with E-state index in [1.165, 1.54) is 0 Å². The first-order valence-electron chi connectivity index (χ1n) is 4.11. The minimum Gasteiger partial charge on any atom is -0.387 e. The van der Waals surface area contributed by atoms with E-state index in [-0.39, 0.29) is 0 Å². The fourth-order valence-corrected chi connectivity index (χ4v) is 1.72. The van der Waals surface area contributed by atoms with Gasteiger partial charge in [0.2, 0.25) is 0 Å². The van der Waals surface area contributed by atoms with E-state index in [2.05, 4.69) is 10.2 Å². The molecule has 2 N–H and O–H groups in total. The zero-order valence-electron chi connectivity index (χ0n) is 7.38. The van der Waals surface area contributed by atoms with Crippen LogP contribution in [0, 0.1) is 0 Å². The van der Waals surface area contributed by atoms with Crippen LogP contribution in [0.15, 0.2) is 12.1 Å². The molecule has 0 aliphatic rings. The van der Waals surface area contributed by atoms with Gasteiger partial charge in [-0.25, -0.2) is 0 Å². The molecule has 2 rings (SSSR count). The molecular formula is C9H8Cl2N2O. The molecule has 1 heterocycles. The van der Waals surface area contributed by atoms with Crippen molar-refractivity contribution in [1.82, 2.24) is 10.2 Å². The van der Waals surface area contributed by atoms with Crippen LogP contribution in [0.5, 0.6) is 0 Å². The number of H-pyrrole nitrogens is 1. The van der Waals surface area contributed by atoms with Gasteiger partial charge >= 0.3 is 0 Å². The van der Waals surface area contributed by atoms with Gasteiger partial charge in [-0.2, -0.15) is 5.10 Å². The Balaban J connectivity index is 2.77. The summed E-state index contributed by atoms with van der Waals surface area (Å²) in [6.45, 7) is 1.66. The van der Waals surface area contributed by atoms with E-state index >= 15 is 0 Å². The number of aliphatic hydroxyl groups is 1. The highest BCUT2D eigenvalue weighted by Crippen LogP contribution is 2.32. The third kappa shape index (κ3) is 1.38. The van der Waals surface area contributed by atoms with E-state index in [4.69, 9.17) is 23.2 Å². The molecule has 0 aliphatic heterocycles. The van der Waals surface area contributed by atoms with Crippen LogP contribution in [-0.4, -0.2) is 15.3 Å². The number of nitrogens with zero attached hydrogens (tertiary/aromatic N) is 1. The van der Waals surface area contributed by atoms with Crippen molar-refractivity contribution in [2.45, 2.75) is 13.0 Å². The van der Waals surface area contributed by atoms with Crippen LogP contribution in [-0.2, 0) is 0 Å². The van der Waals surface area contributed by atoms with Crippen LogP contribution in [0.2, 0.25) is 10.0 Å². The summed E-state index contributed by atoms with van der Waals surface area (Å²) in [7, 11) is 0. The second kappa shape index (κ2) is 3.42. The summed E-state index contributed by atoms with van der Waals surface area (Å²) in [5.41, 5.74) is 1.24. The highest BCUT2D eigenvalue weighted by Gasteiger charge is 2.13. The third-order valence-corrected chi connectivity index (χ3v) is 2.86. The van der Waals surface area contributed by atoms with E-state index in [1.54, 1.807) is 19.1 Å². The van der Waals surface area contributed by atoms with Gasteiger partial charge in [-0.1, -0.05) is 23.2 Å². The molecule has 0 saturated carbocycles. The fourth-order valence-electron chi connectivity index (χ4n) is 1.36. The molecule has 0 bridgehead atoms. The molecule has 74 valence electrons. The Morgan fingerprint density at radius 3 is 2.79 bits per heavy atom. The van der Waals surface area contributed by atoms with Gasteiger partial charge in [-0.3, -0.25) is 5.10 Å². The largest absolute Gasteiger partial charge is 0.387 e. The normalized spacial score (nSPS) is 13.4. The summed E-state index contributed by atoms with van der Waals surface area (Å²) in [5.74, 6) is 0. The molecule has 0 spiro atoms. The first kappa shape index (κ1) is 9.77. The minimum absolute atomic E-state index is 0.410. The number of aliphatic hydroxyl groups excluding tert-OH is 1. The SMILES string of the molecule is CC(O)c1[nH]nc2c(Cl)c(Cl)ccc12. The van der Waals surface area contributed by atoms with E-state index in [9.17, 15) is 5.11 Å². The molecular weight excluding hydrogens is 223 g/mol. The van der Waals surface area contributed by atoms with Crippen LogP contribution in [0.4, 0.5) is 0 Å². The summed E-state index contributed by atoms with van der Waals surface area (Å²) in [6, 6.07) is 3.47. The van der Waals surface area contributed by atoms with Gasteiger partial charge in [0, 0.05) is 5.39 Å². The summed E-state index contributed by atoms with van der Waals surface area (Å²) in [6.07, 6.45) is -0.600. The number of nitrogens with one attached hydrogen (secondary N) is 1. The molecule has 2 aromatic rings. The lowest BCUT2D eigenvalue weighted by atomic mass is 10.1. The fraction of sp³-hybridized carbons (Fsp3) is 0.222. The lowest BCUT2D eigenvalue weighted by molar-refractivity contribution is 0.195. The number of hydrogen-bond acceptors (Lipinski definition) is 2. The smallest absolute Gasteiger partial charge is 0.113 e. The number of fused-ring (bicyclic) bond motifs is 1. The van der Waals surface area contributed by atoms with Crippen molar-refractivity contribution < 1.29 is 5.11 Å². The van der Waals surface area contributed by atoms with Crippen LogP contribution >= 0.6 is 23.2 Å². The van der Waals surface area contributed by atoms with E-state index < -0.39 is 6.10 Å². The lowest BCUT2D eigenvalue weighted by Gasteiger charge is -2.01. The molecule has 5 heteroatoms. The second-order valence-electron chi connectivity index (χ2n) is 3.07. The zero-order chi connectivity index (χ0) is 10.3. The molecule has 3 nitrogen and oxygen atoms in total. The molecule has 0 radical (unpaired) electrons. The van der Waals surface area contributed by atoms with Crippen LogP contribution in [0.3, 0.4) is 0 Å². The van der Waals surface area contributed by atoms with Gasteiger partial charge in [0.05, 0.1) is 21.8 Å². The quantitative estimate of drug-likeness (QED) is 0.792. The Kier molecular flexibility index (Phi) is 2.39. The topological polar surface area (TPSA) is 48.9 Å². The number of benzene rings is 1. The first-order chi connectivity index (χ1) is 6.61. The average molecular weight is 231 g/mol. The van der Waals surface area contributed by atoms with Gasteiger partial charge in [0.1, 0.15) is 5.52 Å². The van der Waals surface area contributed by atoms with E-state index in [0.717, 1.165) is 5.39 Å². The van der Waals surface area contributed by atoms with Crippen molar-refractivity contribution in [2.24, 2.45) is 0 Å². The maximum atomic E-state index is 9.42. The maximum Gasteiger partial charge on any atom is 0.113 e. The van der Waals surface area contributed by atoms with Gasteiger partial charge in [0.15, 0.2) is 0 Å². The average Bonchev–Trinajstić information content (AvgIpc) is 2.55. The van der Waals surface area contributed by atoms with Crippen molar-refractivity contribution in [1.29, 1.82) is 0 Å². The van der Waals surface area contributed by atoms with Gasteiger partial charge < -0.3 is 5.11 Å². The van der Waals surface area contributed by atoms with Gasteiger partial charge in [0.25, 0.3) is 0 Å². The highest BCUT2D eigenvalue weighted by atomic mass is 35.5. The predicted molar refractivity (Wildman–Crippen MR) is 56.7 cm³/mol. The lowest BCUT2D eigenvalue weighted by Crippen LogP contribution is -1.91. The van der Waals surface area contributed by atoms with Crippen LogP contribution in [0.25, 0.3) is 10.9 Å². The number of halogens is 2. The van der Waals surface area contributed by atoms with Crippen molar-refractivity contribution in [3.8, 4) is 0 Å². The van der Waals surface area contributed by atoms with E-state index in [1.807, 2.05) is 0 Å². The molecule has 1 unspecified atom stereocenters. The van der Waals surface area contributed by atoms with Gasteiger partial charge in [-0.15, -0.1) is 0 Å². The number of aromatic amines is 1. The van der Waals surface area contributed by atoms with E-state index in [0.29, 0.717) is 21.3 Å². The molecule has 14 heavy (non-hydrogen) atoms. The monoisotopic (exact) mass is 230 g/mol. The van der Waals surface area contributed by atoms with Crippen LogP contribution < -0.4 is 0 Å². The zero-order valence-corrected chi connectivity index (χ0v) is 8.89. The number of hydrogen-bond donors (Lipinski definition) is 2. The van der Waals surface area contributed by atoms with Gasteiger partial charge in [-0.05, 0) is 19.1 Å². The van der Waals surface area contributed by atoms with Crippen molar-refractivity contribution >= 4 is 34.1 Å². The molecule has 0 aliphatic carbocycles. The molecule has 1 atom stereocenters. The summed E-state index contributed by atoms with van der Waals surface area (Å²) < 4.78 is 0. The van der Waals surface area contributed by atoms with Crippen molar-refractivity contribution in [3.63, 3.8) is 0 Å². The second-order valence-corrected chi connectivity index (χ2v) is 3.86. The van der Waals surface area contributed by atoms with Crippen molar-refractivity contribution in [2.75, 3.05) is 0 Å². The Hall–Kier alpha value is -0.770. The molecule has 0 fully saturated rings. The summed E-state index contributed by atoms with van der Waals surface area (Å²) in [5, 5.41) is 17.8. The highest BCUT2D eigenvalue weighted by molar-refractivity contribution is 6.45. The Labute approximate surface area is 90.6 Å². The maximum absolute atomic E-state index is 9.42. The minimum atomic E-state index is -0.600. The standard InChI is InChI=1S/C9H8Cl2N2O/c1-4(14)8-5-2-3-6(10)7(11)9(5)13-12-8/h2-4,14H,1H3,(H,12,13). The van der Waals surface area contributed by atoms with Crippen molar-refractivity contribution in [3.05, 3.63) is 27.9 Å². The summed E-state index contributed by atoms with van der Waals surface area (Å²) >= 11 is 11.8. The molecule has 0 amide bonds. The Morgan fingerprint density at radius 2 is 2.14 bits per heavy atom. The Morgan fingerprint density at radius 1 is 1.43 bits per heavy atom. The Bertz CT molecular complexity index is 479. The summed E-state index contributed by atoms with van der Waals surface area (Å²) in [4.78, 5) is 0. The molecule has 1 aromatic heterocycles. The first-order valence-corrected chi connectivity index (χ1v) is 4.87.